The Kier molecular flexibility index (Phi) is 7.81. The van der Waals surface area contributed by atoms with Gasteiger partial charge < -0.3 is 34.4 Å². The van der Waals surface area contributed by atoms with Gasteiger partial charge in [-0.05, 0) is 56.4 Å². The summed E-state index contributed by atoms with van der Waals surface area (Å²) in [4.78, 5) is 47.6. The maximum Gasteiger partial charge on any atom is 0.321 e. The normalized spacial score (nSPS) is 18.9. The van der Waals surface area contributed by atoms with Crippen LogP contribution in [0.15, 0.2) is 48.5 Å². The van der Waals surface area contributed by atoms with Crippen molar-refractivity contribution in [1.29, 1.82) is 0 Å². The summed E-state index contributed by atoms with van der Waals surface area (Å²) in [6.07, 6.45) is 4.12. The number of anilines is 2. The summed E-state index contributed by atoms with van der Waals surface area (Å²) >= 11 is 0. The Morgan fingerprint density at radius 3 is 2.28 bits per heavy atom. The summed E-state index contributed by atoms with van der Waals surface area (Å²) in [6, 6.07) is 14.8. The second-order valence-corrected chi connectivity index (χ2v) is 10.4. The van der Waals surface area contributed by atoms with Crippen molar-refractivity contribution >= 4 is 29.2 Å². The molecule has 4 amide bonds. The molecule has 3 aliphatic heterocycles. The first kappa shape index (κ1) is 26.6. The Hall–Kier alpha value is -3.95. The van der Waals surface area contributed by atoms with Crippen molar-refractivity contribution in [3.8, 4) is 11.5 Å². The average molecular weight is 536 g/mol. The van der Waals surface area contributed by atoms with Crippen LogP contribution in [0.5, 0.6) is 11.5 Å². The number of ether oxygens (including phenoxy) is 2. The van der Waals surface area contributed by atoms with Gasteiger partial charge in [0.2, 0.25) is 5.91 Å². The molecule has 1 N–H and O–H groups in total. The number of carbonyl (C=O) groups excluding carboxylic acids is 3. The monoisotopic (exact) mass is 535 g/mol. The van der Waals surface area contributed by atoms with Gasteiger partial charge in [0.1, 0.15) is 23.6 Å². The SMILES string of the molecule is COc1ccc(NC(=O)N2CCC3(CC2)C(=O)N(CC(=O)N2CCCCC2)CN3c2ccccc2)c(OC)c1. The Labute approximate surface area is 229 Å². The third-order valence-electron chi connectivity index (χ3n) is 8.14. The molecule has 1 spiro atoms. The summed E-state index contributed by atoms with van der Waals surface area (Å²) in [7, 11) is 3.12. The molecule has 0 saturated carbocycles. The van der Waals surface area contributed by atoms with Crippen molar-refractivity contribution in [1.82, 2.24) is 14.7 Å². The molecular formula is C29H37N5O5. The molecule has 10 heteroatoms. The van der Waals surface area contributed by atoms with Crippen LogP contribution in [0, 0.1) is 0 Å². The molecule has 2 aromatic rings. The van der Waals surface area contributed by atoms with E-state index in [0.29, 0.717) is 49.8 Å². The topological polar surface area (TPSA) is 94.7 Å². The van der Waals surface area contributed by atoms with Gasteiger partial charge in [0.15, 0.2) is 0 Å². The lowest BCUT2D eigenvalue weighted by molar-refractivity contribution is -0.141. The van der Waals surface area contributed by atoms with E-state index >= 15 is 0 Å². The highest BCUT2D eigenvalue weighted by Gasteiger charge is 2.54. The Morgan fingerprint density at radius 1 is 0.897 bits per heavy atom. The molecule has 0 aliphatic carbocycles. The number of methoxy groups -OCH3 is 2. The summed E-state index contributed by atoms with van der Waals surface area (Å²) in [5.41, 5.74) is 0.700. The maximum absolute atomic E-state index is 14.0. The largest absolute Gasteiger partial charge is 0.497 e. The molecule has 208 valence electrons. The number of carbonyl (C=O) groups is 3. The van der Waals surface area contributed by atoms with E-state index in [1.54, 1.807) is 42.2 Å². The smallest absolute Gasteiger partial charge is 0.321 e. The summed E-state index contributed by atoms with van der Waals surface area (Å²) in [6.45, 7) is 2.79. The Balaban J connectivity index is 1.30. The zero-order valence-corrected chi connectivity index (χ0v) is 22.7. The van der Waals surface area contributed by atoms with Crippen LogP contribution in [-0.2, 0) is 9.59 Å². The van der Waals surface area contributed by atoms with Gasteiger partial charge >= 0.3 is 6.03 Å². The minimum Gasteiger partial charge on any atom is -0.497 e. The molecule has 2 aromatic carbocycles. The van der Waals surface area contributed by atoms with Crippen LogP contribution in [0.4, 0.5) is 16.2 Å². The summed E-state index contributed by atoms with van der Waals surface area (Å²) in [5.74, 6) is 1.12. The Morgan fingerprint density at radius 2 is 1.62 bits per heavy atom. The molecule has 3 saturated heterocycles. The van der Waals surface area contributed by atoms with Gasteiger partial charge in [0, 0.05) is 37.9 Å². The molecule has 5 rings (SSSR count). The number of para-hydroxylation sites is 1. The number of piperidine rings is 2. The minimum atomic E-state index is -0.794. The van der Waals surface area contributed by atoms with Crippen LogP contribution in [0.25, 0.3) is 0 Å². The van der Waals surface area contributed by atoms with Crippen molar-refractivity contribution < 1.29 is 23.9 Å². The van der Waals surface area contributed by atoms with Gasteiger partial charge in [-0.2, -0.15) is 0 Å². The molecule has 39 heavy (non-hydrogen) atoms. The third kappa shape index (κ3) is 5.32. The fourth-order valence-corrected chi connectivity index (χ4v) is 5.90. The predicted octanol–water partition coefficient (Wildman–Crippen LogP) is 3.39. The van der Waals surface area contributed by atoms with E-state index in [4.69, 9.17) is 9.47 Å². The summed E-state index contributed by atoms with van der Waals surface area (Å²) < 4.78 is 10.7. The first-order valence-electron chi connectivity index (χ1n) is 13.6. The number of likely N-dealkylation sites (tertiary alicyclic amines) is 2. The number of urea groups is 1. The first-order valence-corrected chi connectivity index (χ1v) is 13.6. The van der Waals surface area contributed by atoms with E-state index in [9.17, 15) is 14.4 Å². The molecule has 10 nitrogen and oxygen atoms in total. The predicted molar refractivity (Wildman–Crippen MR) is 148 cm³/mol. The first-order chi connectivity index (χ1) is 18.9. The van der Waals surface area contributed by atoms with Gasteiger partial charge in [-0.15, -0.1) is 0 Å². The van der Waals surface area contributed by atoms with Crippen molar-refractivity contribution in [3.05, 3.63) is 48.5 Å². The van der Waals surface area contributed by atoms with E-state index in [1.165, 1.54) is 0 Å². The van der Waals surface area contributed by atoms with Crippen molar-refractivity contribution in [2.75, 3.05) is 63.8 Å². The van der Waals surface area contributed by atoms with Crippen LogP contribution in [0.3, 0.4) is 0 Å². The lowest BCUT2D eigenvalue weighted by Crippen LogP contribution is -2.58. The number of hydrogen-bond donors (Lipinski definition) is 1. The van der Waals surface area contributed by atoms with Gasteiger partial charge in [-0.25, -0.2) is 4.79 Å². The van der Waals surface area contributed by atoms with E-state index in [-0.39, 0.29) is 24.4 Å². The quantitative estimate of drug-likeness (QED) is 0.610. The summed E-state index contributed by atoms with van der Waals surface area (Å²) in [5, 5.41) is 2.93. The highest BCUT2D eigenvalue weighted by Crippen LogP contribution is 2.40. The highest BCUT2D eigenvalue weighted by atomic mass is 16.5. The zero-order chi connectivity index (χ0) is 27.4. The fraction of sp³-hybridized carbons (Fsp3) is 0.483. The van der Waals surface area contributed by atoms with Gasteiger partial charge in [-0.3, -0.25) is 9.59 Å². The minimum absolute atomic E-state index is 0.0124. The second kappa shape index (κ2) is 11.4. The molecule has 3 heterocycles. The van der Waals surface area contributed by atoms with E-state index < -0.39 is 5.54 Å². The van der Waals surface area contributed by atoms with Crippen molar-refractivity contribution in [2.45, 2.75) is 37.6 Å². The standard InChI is InChI=1S/C29H37N5O5/c1-38-23-11-12-24(25(19-23)39-2)30-28(37)32-17-13-29(14-18-32)27(36)33(20-26(35)31-15-7-4-8-16-31)21-34(29)22-9-5-3-6-10-22/h3,5-6,9-12,19H,4,7-8,13-18,20-21H2,1-2H3,(H,30,37). The fourth-order valence-electron chi connectivity index (χ4n) is 5.90. The number of nitrogens with one attached hydrogen (secondary N) is 1. The number of nitrogens with zero attached hydrogens (tertiary/aromatic N) is 4. The van der Waals surface area contributed by atoms with Crippen molar-refractivity contribution in [2.24, 2.45) is 0 Å². The molecule has 0 bridgehead atoms. The van der Waals surface area contributed by atoms with Gasteiger partial charge in [-0.1, -0.05) is 18.2 Å². The lowest BCUT2D eigenvalue weighted by atomic mass is 9.85. The van der Waals surface area contributed by atoms with Crippen molar-refractivity contribution in [3.63, 3.8) is 0 Å². The van der Waals surface area contributed by atoms with Crippen LogP contribution >= 0.6 is 0 Å². The lowest BCUT2D eigenvalue weighted by Gasteiger charge is -2.43. The molecule has 0 radical (unpaired) electrons. The van der Waals surface area contributed by atoms with Gasteiger partial charge in [0.25, 0.3) is 5.91 Å². The van der Waals surface area contributed by atoms with Crippen LogP contribution in [0.2, 0.25) is 0 Å². The van der Waals surface area contributed by atoms with Crippen LogP contribution < -0.4 is 19.7 Å². The van der Waals surface area contributed by atoms with E-state index in [1.807, 2.05) is 35.2 Å². The number of rotatable bonds is 6. The van der Waals surface area contributed by atoms with Crippen LogP contribution in [-0.4, -0.2) is 91.7 Å². The highest BCUT2D eigenvalue weighted by molar-refractivity contribution is 5.97. The number of benzene rings is 2. The van der Waals surface area contributed by atoms with Crippen LogP contribution in [0.1, 0.15) is 32.1 Å². The molecule has 0 aromatic heterocycles. The molecular weight excluding hydrogens is 498 g/mol. The number of amides is 4. The second-order valence-electron chi connectivity index (χ2n) is 10.4. The zero-order valence-electron chi connectivity index (χ0n) is 22.7. The molecule has 3 aliphatic rings. The maximum atomic E-state index is 14.0. The number of hydrogen-bond acceptors (Lipinski definition) is 6. The molecule has 0 atom stereocenters. The third-order valence-corrected chi connectivity index (χ3v) is 8.14. The molecule has 0 unspecified atom stereocenters. The average Bonchev–Trinajstić information content (AvgIpc) is 3.24. The van der Waals surface area contributed by atoms with Gasteiger partial charge in [0.05, 0.1) is 26.6 Å². The van der Waals surface area contributed by atoms with E-state index in [2.05, 4.69) is 10.2 Å². The Bertz CT molecular complexity index is 1190. The molecule has 3 fully saturated rings. The van der Waals surface area contributed by atoms with E-state index in [0.717, 1.165) is 38.0 Å².